The van der Waals surface area contributed by atoms with E-state index in [1.807, 2.05) is 10.8 Å². The highest BCUT2D eigenvalue weighted by atomic mass is 35.5. The fourth-order valence-electron chi connectivity index (χ4n) is 2.35. The summed E-state index contributed by atoms with van der Waals surface area (Å²) < 4.78 is 26.6. The standard InChI is InChI=1S/C11H18ClN3O2S/c1-18(16,17)15-4-2-3-10(7-15)6-14-8-11(5-12)13-9-14/h8-10H,2-7H2,1H3. The van der Waals surface area contributed by atoms with Crippen LogP contribution in [-0.2, 0) is 22.4 Å². The molecule has 1 unspecified atom stereocenters. The molecular formula is C11H18ClN3O2S. The molecule has 1 saturated heterocycles. The van der Waals surface area contributed by atoms with Crippen molar-refractivity contribution in [2.75, 3.05) is 19.3 Å². The van der Waals surface area contributed by atoms with E-state index in [1.165, 1.54) is 6.26 Å². The molecule has 18 heavy (non-hydrogen) atoms. The van der Waals surface area contributed by atoms with Crippen molar-refractivity contribution in [2.24, 2.45) is 5.92 Å². The molecule has 0 spiro atoms. The van der Waals surface area contributed by atoms with Gasteiger partial charge in [0.15, 0.2) is 0 Å². The highest BCUT2D eigenvalue weighted by Gasteiger charge is 2.25. The molecule has 1 atom stereocenters. The number of alkyl halides is 1. The lowest BCUT2D eigenvalue weighted by molar-refractivity contribution is 0.246. The third-order valence-corrected chi connectivity index (χ3v) is 4.79. The molecule has 0 amide bonds. The van der Waals surface area contributed by atoms with Crippen LogP contribution >= 0.6 is 11.6 Å². The lowest BCUT2D eigenvalue weighted by atomic mass is 10.00. The lowest BCUT2D eigenvalue weighted by Gasteiger charge is -2.31. The molecule has 2 rings (SSSR count). The molecule has 1 aromatic heterocycles. The molecule has 1 aliphatic rings. The maximum absolute atomic E-state index is 11.5. The van der Waals surface area contributed by atoms with Gasteiger partial charge in [-0.1, -0.05) is 0 Å². The molecule has 7 heteroatoms. The molecule has 0 saturated carbocycles. The minimum atomic E-state index is -3.06. The van der Waals surface area contributed by atoms with Gasteiger partial charge in [-0.3, -0.25) is 0 Å². The average Bonchev–Trinajstić information content (AvgIpc) is 2.76. The van der Waals surface area contributed by atoms with Gasteiger partial charge < -0.3 is 4.57 Å². The zero-order valence-corrected chi connectivity index (χ0v) is 12.0. The molecule has 0 aromatic carbocycles. The first-order valence-electron chi connectivity index (χ1n) is 6.01. The summed E-state index contributed by atoms with van der Waals surface area (Å²) in [6.07, 6.45) is 6.94. The van der Waals surface area contributed by atoms with E-state index >= 15 is 0 Å². The first kappa shape index (κ1) is 13.8. The second-order valence-corrected chi connectivity index (χ2v) is 7.07. The molecule has 0 N–H and O–H groups in total. The zero-order valence-electron chi connectivity index (χ0n) is 10.4. The van der Waals surface area contributed by atoms with Gasteiger partial charge >= 0.3 is 0 Å². The number of halogens is 1. The smallest absolute Gasteiger partial charge is 0.211 e. The third-order valence-electron chi connectivity index (χ3n) is 3.24. The first-order valence-corrected chi connectivity index (χ1v) is 8.39. The summed E-state index contributed by atoms with van der Waals surface area (Å²) in [6, 6.07) is 0. The van der Waals surface area contributed by atoms with Crippen molar-refractivity contribution in [3.05, 3.63) is 18.2 Å². The van der Waals surface area contributed by atoms with Gasteiger partial charge in [0.1, 0.15) is 0 Å². The summed E-state index contributed by atoms with van der Waals surface area (Å²) in [6.45, 7) is 2.05. The molecule has 2 heterocycles. The van der Waals surface area contributed by atoms with Crippen LogP contribution in [0.3, 0.4) is 0 Å². The fourth-order valence-corrected chi connectivity index (χ4v) is 3.43. The predicted octanol–water partition coefficient (Wildman–Crippen LogP) is 1.29. The van der Waals surface area contributed by atoms with Crippen LogP contribution in [-0.4, -0.2) is 41.6 Å². The Kier molecular flexibility index (Phi) is 4.29. The molecule has 1 aliphatic heterocycles. The number of nitrogens with zero attached hydrogens (tertiary/aromatic N) is 3. The summed E-state index contributed by atoms with van der Waals surface area (Å²) in [4.78, 5) is 4.17. The van der Waals surface area contributed by atoms with E-state index < -0.39 is 10.0 Å². The molecule has 102 valence electrons. The van der Waals surface area contributed by atoms with Crippen LogP contribution in [0.4, 0.5) is 0 Å². The maximum atomic E-state index is 11.5. The molecule has 1 fully saturated rings. The van der Waals surface area contributed by atoms with Crippen LogP contribution in [0.1, 0.15) is 18.5 Å². The SMILES string of the molecule is CS(=O)(=O)N1CCCC(Cn2cnc(CCl)c2)C1. The van der Waals surface area contributed by atoms with Crippen molar-refractivity contribution in [1.82, 2.24) is 13.9 Å². The van der Waals surface area contributed by atoms with Crippen LogP contribution in [0.25, 0.3) is 0 Å². The number of aromatic nitrogens is 2. The van der Waals surface area contributed by atoms with E-state index in [9.17, 15) is 8.42 Å². The van der Waals surface area contributed by atoms with Crippen molar-refractivity contribution < 1.29 is 8.42 Å². The van der Waals surface area contributed by atoms with Crippen molar-refractivity contribution >= 4 is 21.6 Å². The minimum absolute atomic E-state index is 0.353. The number of sulfonamides is 1. The highest BCUT2D eigenvalue weighted by molar-refractivity contribution is 7.88. The topological polar surface area (TPSA) is 55.2 Å². The summed E-state index contributed by atoms with van der Waals surface area (Å²) in [7, 11) is -3.06. The van der Waals surface area contributed by atoms with Gasteiger partial charge in [0.2, 0.25) is 10.0 Å². The Bertz CT molecular complexity index is 500. The quantitative estimate of drug-likeness (QED) is 0.786. The molecule has 1 aromatic rings. The molecule has 5 nitrogen and oxygen atoms in total. The maximum Gasteiger partial charge on any atom is 0.211 e. The average molecular weight is 292 g/mol. The summed E-state index contributed by atoms with van der Waals surface area (Å²) in [5.74, 6) is 0.762. The summed E-state index contributed by atoms with van der Waals surface area (Å²) in [5.41, 5.74) is 0.854. The second kappa shape index (κ2) is 5.59. The highest BCUT2D eigenvalue weighted by Crippen LogP contribution is 2.20. The van der Waals surface area contributed by atoms with Crippen molar-refractivity contribution in [1.29, 1.82) is 0 Å². The Morgan fingerprint density at radius 1 is 1.56 bits per heavy atom. The van der Waals surface area contributed by atoms with E-state index in [2.05, 4.69) is 4.98 Å². The van der Waals surface area contributed by atoms with Crippen LogP contribution in [0, 0.1) is 5.92 Å². The summed E-state index contributed by atoms with van der Waals surface area (Å²) >= 11 is 5.70. The van der Waals surface area contributed by atoms with Crippen LogP contribution in [0.2, 0.25) is 0 Å². The van der Waals surface area contributed by atoms with Gasteiger partial charge in [0.25, 0.3) is 0 Å². The van der Waals surface area contributed by atoms with Gasteiger partial charge in [-0.15, -0.1) is 11.6 Å². The van der Waals surface area contributed by atoms with E-state index in [0.717, 1.165) is 25.1 Å². The Morgan fingerprint density at radius 3 is 2.94 bits per heavy atom. The van der Waals surface area contributed by atoms with Gasteiger partial charge in [-0.2, -0.15) is 0 Å². The zero-order chi connectivity index (χ0) is 13.2. The number of hydrogen-bond acceptors (Lipinski definition) is 3. The predicted molar refractivity (Wildman–Crippen MR) is 70.9 cm³/mol. The van der Waals surface area contributed by atoms with Crippen molar-refractivity contribution in [2.45, 2.75) is 25.3 Å². The number of hydrogen-bond donors (Lipinski definition) is 0. The number of rotatable bonds is 4. The second-order valence-electron chi connectivity index (χ2n) is 4.82. The molecule has 0 aliphatic carbocycles. The van der Waals surface area contributed by atoms with Crippen LogP contribution in [0.5, 0.6) is 0 Å². The van der Waals surface area contributed by atoms with E-state index in [0.29, 0.717) is 24.9 Å². The first-order chi connectivity index (χ1) is 8.49. The lowest BCUT2D eigenvalue weighted by Crippen LogP contribution is -2.40. The monoisotopic (exact) mass is 291 g/mol. The fraction of sp³-hybridized carbons (Fsp3) is 0.727. The molecule has 0 bridgehead atoms. The van der Waals surface area contributed by atoms with Gasteiger partial charge in [0, 0.05) is 25.8 Å². The third kappa shape index (κ3) is 3.46. The summed E-state index contributed by atoms with van der Waals surface area (Å²) in [5, 5.41) is 0. The van der Waals surface area contributed by atoms with Crippen molar-refractivity contribution in [3.63, 3.8) is 0 Å². The van der Waals surface area contributed by atoms with Gasteiger partial charge in [-0.25, -0.2) is 17.7 Å². The van der Waals surface area contributed by atoms with Gasteiger partial charge in [0.05, 0.1) is 24.2 Å². The Morgan fingerprint density at radius 2 is 2.33 bits per heavy atom. The van der Waals surface area contributed by atoms with Crippen LogP contribution in [0.15, 0.2) is 12.5 Å². The normalized spacial score (nSPS) is 22.2. The van der Waals surface area contributed by atoms with Crippen molar-refractivity contribution in [3.8, 4) is 0 Å². The van der Waals surface area contributed by atoms with E-state index in [1.54, 1.807) is 10.6 Å². The Balaban J connectivity index is 1.97. The number of piperidine rings is 1. The minimum Gasteiger partial charge on any atom is -0.337 e. The Labute approximate surface area is 113 Å². The molecule has 0 radical (unpaired) electrons. The molecular weight excluding hydrogens is 274 g/mol. The number of imidazole rings is 1. The van der Waals surface area contributed by atoms with Crippen LogP contribution < -0.4 is 0 Å². The Hall–Kier alpha value is -0.590. The largest absolute Gasteiger partial charge is 0.337 e. The van der Waals surface area contributed by atoms with E-state index in [-0.39, 0.29) is 0 Å². The van der Waals surface area contributed by atoms with E-state index in [4.69, 9.17) is 11.6 Å². The van der Waals surface area contributed by atoms with Gasteiger partial charge in [-0.05, 0) is 18.8 Å².